The maximum atomic E-state index is 12.1. The maximum Gasteiger partial charge on any atom is 0.573 e. The number of pyridine rings is 1. The van der Waals surface area contributed by atoms with E-state index in [0.717, 1.165) is 16.8 Å². The molecule has 1 aromatic heterocycles. The number of alkyl halides is 4. The predicted molar refractivity (Wildman–Crippen MR) is 74.4 cm³/mol. The summed E-state index contributed by atoms with van der Waals surface area (Å²) in [4.78, 5) is 4.25. The van der Waals surface area contributed by atoms with Gasteiger partial charge in [-0.05, 0) is 36.2 Å². The molecule has 0 aliphatic rings. The highest BCUT2D eigenvalue weighted by Crippen LogP contribution is 2.28. The number of hydrogen-bond donors (Lipinski definition) is 0. The second-order valence-electron chi connectivity index (χ2n) is 4.56. The van der Waals surface area contributed by atoms with Gasteiger partial charge in [-0.1, -0.05) is 18.2 Å². The Morgan fingerprint density at radius 1 is 1.19 bits per heavy atom. The third-order valence-electron chi connectivity index (χ3n) is 2.97. The lowest BCUT2D eigenvalue weighted by Crippen LogP contribution is -2.17. The summed E-state index contributed by atoms with van der Waals surface area (Å²) in [5.74, 6) is -0.260. The van der Waals surface area contributed by atoms with Gasteiger partial charge in [0.15, 0.2) is 0 Å². The van der Waals surface area contributed by atoms with Crippen molar-refractivity contribution in [3.63, 3.8) is 0 Å². The SMILES string of the molecule is Cc1cccnc1CC(Cl)c1ccc(OC(F)(F)F)cc1. The van der Waals surface area contributed by atoms with E-state index in [1.54, 1.807) is 6.20 Å². The zero-order valence-electron chi connectivity index (χ0n) is 11.2. The Hall–Kier alpha value is -1.75. The van der Waals surface area contributed by atoms with Crippen molar-refractivity contribution in [2.45, 2.75) is 25.1 Å². The van der Waals surface area contributed by atoms with Crippen molar-refractivity contribution in [3.8, 4) is 5.75 Å². The first-order valence-corrected chi connectivity index (χ1v) is 6.69. The Bertz CT molecular complexity index is 599. The number of rotatable bonds is 4. The van der Waals surface area contributed by atoms with Gasteiger partial charge in [0.2, 0.25) is 0 Å². The van der Waals surface area contributed by atoms with Gasteiger partial charge >= 0.3 is 6.36 Å². The summed E-state index contributed by atoms with van der Waals surface area (Å²) in [7, 11) is 0. The van der Waals surface area contributed by atoms with E-state index in [4.69, 9.17) is 11.6 Å². The monoisotopic (exact) mass is 315 g/mol. The number of benzene rings is 1. The van der Waals surface area contributed by atoms with Crippen LogP contribution in [-0.2, 0) is 6.42 Å². The average Bonchev–Trinajstić information content (AvgIpc) is 2.40. The molecule has 0 spiro atoms. The number of halogens is 4. The van der Waals surface area contributed by atoms with Crippen molar-refractivity contribution >= 4 is 11.6 Å². The van der Waals surface area contributed by atoms with Crippen molar-refractivity contribution in [2.75, 3.05) is 0 Å². The van der Waals surface area contributed by atoms with Crippen LogP contribution in [0.2, 0.25) is 0 Å². The lowest BCUT2D eigenvalue weighted by atomic mass is 10.0. The molecule has 0 radical (unpaired) electrons. The number of aryl methyl sites for hydroxylation is 1. The van der Waals surface area contributed by atoms with Gasteiger partial charge in [-0.15, -0.1) is 24.8 Å². The lowest BCUT2D eigenvalue weighted by Gasteiger charge is -2.13. The molecule has 2 aromatic rings. The van der Waals surface area contributed by atoms with Crippen molar-refractivity contribution in [2.24, 2.45) is 0 Å². The van der Waals surface area contributed by atoms with E-state index < -0.39 is 6.36 Å². The predicted octanol–water partition coefficient (Wildman–Crippen LogP) is 4.81. The molecule has 6 heteroatoms. The van der Waals surface area contributed by atoms with Crippen LogP contribution in [0.5, 0.6) is 5.75 Å². The summed E-state index contributed by atoms with van der Waals surface area (Å²) in [6, 6.07) is 9.33. The maximum absolute atomic E-state index is 12.1. The van der Waals surface area contributed by atoms with E-state index >= 15 is 0 Å². The van der Waals surface area contributed by atoms with Gasteiger partial charge in [0.25, 0.3) is 0 Å². The summed E-state index contributed by atoms with van der Waals surface area (Å²) in [6.45, 7) is 1.94. The Kier molecular flexibility index (Phi) is 4.73. The fraction of sp³-hybridized carbons (Fsp3) is 0.267. The van der Waals surface area contributed by atoms with Crippen LogP contribution in [0, 0.1) is 6.92 Å². The van der Waals surface area contributed by atoms with Crippen LogP contribution in [0.3, 0.4) is 0 Å². The Labute approximate surface area is 125 Å². The zero-order chi connectivity index (χ0) is 15.5. The molecular formula is C15H13ClF3NO. The number of hydrogen-bond acceptors (Lipinski definition) is 2. The molecule has 1 aromatic carbocycles. The van der Waals surface area contributed by atoms with Gasteiger partial charge in [0.05, 0.1) is 5.38 Å². The lowest BCUT2D eigenvalue weighted by molar-refractivity contribution is -0.274. The van der Waals surface area contributed by atoms with Gasteiger partial charge in [0.1, 0.15) is 5.75 Å². The van der Waals surface area contributed by atoms with Crippen LogP contribution < -0.4 is 4.74 Å². The quantitative estimate of drug-likeness (QED) is 0.755. The third kappa shape index (κ3) is 4.63. The van der Waals surface area contributed by atoms with Crippen molar-refractivity contribution in [1.29, 1.82) is 0 Å². The molecule has 2 nitrogen and oxygen atoms in total. The third-order valence-corrected chi connectivity index (χ3v) is 3.37. The summed E-state index contributed by atoms with van der Waals surface area (Å²) < 4.78 is 40.0. The highest BCUT2D eigenvalue weighted by Gasteiger charge is 2.31. The van der Waals surface area contributed by atoms with Gasteiger partial charge in [-0.2, -0.15) is 0 Å². The minimum Gasteiger partial charge on any atom is -0.406 e. The minimum absolute atomic E-state index is 0.260. The number of aromatic nitrogens is 1. The highest BCUT2D eigenvalue weighted by atomic mass is 35.5. The molecule has 0 fully saturated rings. The molecule has 0 N–H and O–H groups in total. The average molecular weight is 316 g/mol. The molecule has 1 heterocycles. The Balaban J connectivity index is 2.06. The Morgan fingerprint density at radius 2 is 1.86 bits per heavy atom. The molecule has 21 heavy (non-hydrogen) atoms. The first kappa shape index (κ1) is 15.6. The first-order chi connectivity index (χ1) is 9.85. The summed E-state index contributed by atoms with van der Waals surface area (Å²) in [5.41, 5.74) is 2.62. The minimum atomic E-state index is -4.69. The summed E-state index contributed by atoms with van der Waals surface area (Å²) in [5, 5.41) is -0.362. The van der Waals surface area contributed by atoms with Crippen molar-refractivity contribution in [3.05, 3.63) is 59.4 Å². The summed E-state index contributed by atoms with van der Waals surface area (Å²) in [6.07, 6.45) is -2.49. The molecule has 2 rings (SSSR count). The second-order valence-corrected chi connectivity index (χ2v) is 5.08. The topological polar surface area (TPSA) is 22.1 Å². The highest BCUT2D eigenvalue weighted by molar-refractivity contribution is 6.20. The molecule has 0 saturated heterocycles. The molecule has 0 bridgehead atoms. The van der Waals surface area contributed by atoms with Gasteiger partial charge in [0, 0.05) is 18.3 Å². The van der Waals surface area contributed by atoms with Crippen molar-refractivity contribution < 1.29 is 17.9 Å². The van der Waals surface area contributed by atoms with E-state index in [2.05, 4.69) is 9.72 Å². The van der Waals surface area contributed by atoms with E-state index in [9.17, 15) is 13.2 Å². The molecule has 1 atom stereocenters. The molecule has 1 unspecified atom stereocenters. The van der Waals surface area contributed by atoms with Crippen LogP contribution in [0.25, 0.3) is 0 Å². The number of nitrogens with zero attached hydrogens (tertiary/aromatic N) is 1. The van der Waals surface area contributed by atoms with Crippen LogP contribution >= 0.6 is 11.6 Å². The first-order valence-electron chi connectivity index (χ1n) is 6.25. The molecule has 0 saturated carbocycles. The van der Waals surface area contributed by atoms with Crippen LogP contribution in [-0.4, -0.2) is 11.3 Å². The van der Waals surface area contributed by atoms with Gasteiger partial charge < -0.3 is 4.74 Å². The smallest absolute Gasteiger partial charge is 0.406 e. The molecule has 0 aliphatic carbocycles. The Morgan fingerprint density at radius 3 is 2.43 bits per heavy atom. The van der Waals surface area contributed by atoms with E-state index in [1.807, 2.05) is 19.1 Å². The second kappa shape index (κ2) is 6.35. The van der Waals surface area contributed by atoms with Crippen LogP contribution in [0.4, 0.5) is 13.2 Å². The molecule has 112 valence electrons. The normalized spacial score (nSPS) is 13.0. The fourth-order valence-corrected chi connectivity index (χ4v) is 2.19. The summed E-state index contributed by atoms with van der Waals surface area (Å²) >= 11 is 6.30. The molecule has 0 amide bonds. The van der Waals surface area contributed by atoms with Crippen LogP contribution in [0.15, 0.2) is 42.6 Å². The van der Waals surface area contributed by atoms with E-state index in [-0.39, 0.29) is 11.1 Å². The molecular weight excluding hydrogens is 303 g/mol. The van der Waals surface area contributed by atoms with Gasteiger partial charge in [-0.25, -0.2) is 0 Å². The van der Waals surface area contributed by atoms with E-state index in [0.29, 0.717) is 6.42 Å². The van der Waals surface area contributed by atoms with Crippen LogP contribution in [0.1, 0.15) is 22.2 Å². The zero-order valence-corrected chi connectivity index (χ0v) is 11.9. The largest absolute Gasteiger partial charge is 0.573 e. The number of ether oxygens (including phenoxy) is 1. The van der Waals surface area contributed by atoms with Gasteiger partial charge in [-0.3, -0.25) is 4.98 Å². The van der Waals surface area contributed by atoms with E-state index in [1.165, 1.54) is 24.3 Å². The van der Waals surface area contributed by atoms with Crippen molar-refractivity contribution in [1.82, 2.24) is 4.98 Å². The molecule has 0 aliphatic heterocycles. The standard InChI is InChI=1S/C15H13ClF3NO/c1-10-3-2-8-20-14(10)9-13(16)11-4-6-12(7-5-11)21-15(17,18)19/h2-8,13H,9H2,1H3. The fourth-order valence-electron chi connectivity index (χ4n) is 1.90.